The predicted octanol–water partition coefficient (Wildman–Crippen LogP) is -0.607. The molecule has 4 nitrogen and oxygen atoms in total. The molecule has 0 aromatic rings. The van der Waals surface area contributed by atoms with Crippen LogP contribution < -0.4 is 5.32 Å². The average molecular weight is 147 g/mol. The number of rotatable bonds is 5. The van der Waals surface area contributed by atoms with Crippen LogP contribution in [0.25, 0.3) is 0 Å². The van der Waals surface area contributed by atoms with Crippen LogP contribution in [0.2, 0.25) is 0 Å². The first-order valence-corrected chi connectivity index (χ1v) is 3.01. The van der Waals surface area contributed by atoms with Gasteiger partial charge in [0.1, 0.15) is 6.23 Å². The van der Waals surface area contributed by atoms with Gasteiger partial charge in [-0.3, -0.25) is 0 Å². The van der Waals surface area contributed by atoms with Crippen LogP contribution in [0.15, 0.2) is 12.8 Å². The Balaban J connectivity index is 3.20. The van der Waals surface area contributed by atoms with Crippen molar-refractivity contribution in [3.63, 3.8) is 0 Å². The molecule has 0 saturated carbocycles. The Bertz CT molecular complexity index is 95.0. The minimum absolute atomic E-state index is 0.0453. The van der Waals surface area contributed by atoms with Crippen molar-refractivity contribution in [3.8, 4) is 0 Å². The molecule has 0 spiro atoms. The van der Waals surface area contributed by atoms with Gasteiger partial charge in [-0.1, -0.05) is 6.58 Å². The molecule has 60 valence electrons. The number of aliphatic hydroxyl groups excluding tert-OH is 2. The van der Waals surface area contributed by atoms with E-state index in [0.717, 1.165) is 0 Å². The summed E-state index contributed by atoms with van der Waals surface area (Å²) in [5, 5.41) is 19.9. The fraction of sp³-hybridized carbons (Fsp3) is 0.667. The lowest BCUT2D eigenvalue weighted by molar-refractivity contribution is -0.112. The Morgan fingerprint density at radius 1 is 1.70 bits per heavy atom. The summed E-state index contributed by atoms with van der Waals surface area (Å²) in [6.45, 7) is 4.86. The minimum Gasteiger partial charge on any atom is -0.371 e. The molecule has 0 aromatic heterocycles. The molecule has 0 heterocycles. The molecule has 0 radical (unpaired) electrons. The zero-order valence-electron chi connectivity index (χ0n) is 5.95. The summed E-state index contributed by atoms with van der Waals surface area (Å²) >= 11 is 0. The van der Waals surface area contributed by atoms with Gasteiger partial charge < -0.3 is 20.3 Å². The number of hydrogen-bond donors (Lipinski definition) is 3. The zero-order valence-corrected chi connectivity index (χ0v) is 5.95. The minimum atomic E-state index is -0.846. The molecule has 3 N–H and O–H groups in total. The highest BCUT2D eigenvalue weighted by molar-refractivity contribution is 4.65. The van der Waals surface area contributed by atoms with E-state index in [1.54, 1.807) is 0 Å². The van der Waals surface area contributed by atoms with Gasteiger partial charge in [-0.05, 0) is 13.1 Å². The van der Waals surface area contributed by atoms with E-state index in [1.165, 1.54) is 13.1 Å². The fourth-order valence-electron chi connectivity index (χ4n) is 0.415. The van der Waals surface area contributed by atoms with Crippen molar-refractivity contribution in [2.24, 2.45) is 0 Å². The first-order chi connectivity index (χ1) is 4.66. The lowest BCUT2D eigenvalue weighted by atomic mass is 10.6. The third kappa shape index (κ3) is 5.55. The van der Waals surface area contributed by atoms with E-state index >= 15 is 0 Å². The van der Waals surface area contributed by atoms with E-state index in [2.05, 4.69) is 16.6 Å². The second-order valence-electron chi connectivity index (χ2n) is 1.82. The van der Waals surface area contributed by atoms with Gasteiger partial charge in [0.2, 0.25) is 0 Å². The van der Waals surface area contributed by atoms with Crippen molar-refractivity contribution in [2.75, 3.05) is 6.61 Å². The second-order valence-corrected chi connectivity index (χ2v) is 1.82. The highest BCUT2D eigenvalue weighted by Crippen LogP contribution is 1.85. The van der Waals surface area contributed by atoms with Gasteiger partial charge in [-0.25, -0.2) is 0 Å². The first-order valence-electron chi connectivity index (χ1n) is 3.01. The summed E-state index contributed by atoms with van der Waals surface area (Å²) in [5.41, 5.74) is 0. The van der Waals surface area contributed by atoms with E-state index in [4.69, 9.17) is 10.2 Å². The first kappa shape index (κ1) is 9.42. The van der Waals surface area contributed by atoms with Gasteiger partial charge in [0.05, 0.1) is 6.61 Å². The Morgan fingerprint density at radius 3 is 2.70 bits per heavy atom. The zero-order chi connectivity index (χ0) is 7.98. The summed E-state index contributed by atoms with van der Waals surface area (Å²) in [6.07, 6.45) is -0.288. The summed E-state index contributed by atoms with van der Waals surface area (Å²) in [5.74, 6) is 0. The maximum atomic E-state index is 8.88. The summed E-state index contributed by atoms with van der Waals surface area (Å²) in [7, 11) is 0. The van der Waals surface area contributed by atoms with Crippen LogP contribution in [0.3, 0.4) is 0 Å². The average Bonchev–Trinajstić information content (AvgIpc) is 1.85. The van der Waals surface area contributed by atoms with Crippen LogP contribution in [0, 0.1) is 0 Å². The van der Waals surface area contributed by atoms with Crippen molar-refractivity contribution in [1.29, 1.82) is 0 Å². The molecule has 10 heavy (non-hydrogen) atoms. The highest BCUT2D eigenvalue weighted by atomic mass is 16.6. The summed E-state index contributed by atoms with van der Waals surface area (Å²) < 4.78 is 4.65. The summed E-state index contributed by atoms with van der Waals surface area (Å²) in [6, 6.07) is 0. The summed E-state index contributed by atoms with van der Waals surface area (Å²) in [4.78, 5) is 0. The molecule has 0 aromatic carbocycles. The van der Waals surface area contributed by atoms with Crippen LogP contribution in [-0.4, -0.2) is 29.3 Å². The molecular weight excluding hydrogens is 134 g/mol. The van der Waals surface area contributed by atoms with E-state index in [9.17, 15) is 0 Å². The molecular formula is C6H13NO3. The Morgan fingerprint density at radius 2 is 2.30 bits per heavy atom. The lowest BCUT2D eigenvalue weighted by Crippen LogP contribution is -2.30. The maximum Gasteiger partial charge on any atom is 0.151 e. The second kappa shape index (κ2) is 5.22. The normalized spacial score (nSPS) is 15.9. The van der Waals surface area contributed by atoms with Gasteiger partial charge in [0.15, 0.2) is 6.29 Å². The fourth-order valence-corrected chi connectivity index (χ4v) is 0.415. The van der Waals surface area contributed by atoms with Gasteiger partial charge in [0, 0.05) is 0 Å². The van der Waals surface area contributed by atoms with Gasteiger partial charge in [-0.15, -0.1) is 0 Å². The van der Waals surface area contributed by atoms with E-state index in [-0.39, 0.29) is 6.61 Å². The van der Waals surface area contributed by atoms with Crippen LogP contribution >= 0.6 is 0 Å². The SMILES string of the molecule is C=CN[C@H](O)CO[C@H](C)O. The van der Waals surface area contributed by atoms with Crippen LogP contribution in [-0.2, 0) is 4.74 Å². The highest BCUT2D eigenvalue weighted by Gasteiger charge is 2.01. The van der Waals surface area contributed by atoms with Gasteiger partial charge in [0.25, 0.3) is 0 Å². The van der Waals surface area contributed by atoms with Crippen molar-refractivity contribution in [2.45, 2.75) is 19.4 Å². The molecule has 0 amide bonds. The van der Waals surface area contributed by atoms with E-state index in [1.807, 2.05) is 0 Å². The third-order valence-electron chi connectivity index (χ3n) is 0.806. The van der Waals surface area contributed by atoms with Gasteiger partial charge in [-0.2, -0.15) is 0 Å². The van der Waals surface area contributed by atoms with Crippen LogP contribution in [0.1, 0.15) is 6.92 Å². The molecule has 0 aliphatic heterocycles. The maximum absolute atomic E-state index is 8.88. The molecule has 0 rings (SSSR count). The number of aliphatic hydroxyl groups is 2. The molecule has 0 aliphatic rings. The molecule has 0 aliphatic carbocycles. The third-order valence-corrected chi connectivity index (χ3v) is 0.806. The number of nitrogens with one attached hydrogen (secondary N) is 1. The number of ether oxygens (including phenoxy) is 1. The Hall–Kier alpha value is -0.580. The topological polar surface area (TPSA) is 61.7 Å². The Kier molecular flexibility index (Phi) is 4.92. The molecule has 0 fully saturated rings. The Labute approximate surface area is 60.1 Å². The van der Waals surface area contributed by atoms with E-state index in [0.29, 0.717) is 0 Å². The number of hydrogen-bond acceptors (Lipinski definition) is 4. The quantitative estimate of drug-likeness (QED) is 0.454. The van der Waals surface area contributed by atoms with Crippen molar-refractivity contribution >= 4 is 0 Å². The van der Waals surface area contributed by atoms with Crippen LogP contribution in [0.5, 0.6) is 0 Å². The molecule has 0 bridgehead atoms. The van der Waals surface area contributed by atoms with Crippen LogP contribution in [0.4, 0.5) is 0 Å². The standard InChI is InChI=1S/C6H13NO3/c1-3-7-6(9)4-10-5(2)8/h3,5-9H,1,4H2,2H3/t5-,6-/m1/s1. The smallest absolute Gasteiger partial charge is 0.151 e. The molecule has 4 heteroatoms. The van der Waals surface area contributed by atoms with Crippen molar-refractivity contribution in [3.05, 3.63) is 12.8 Å². The largest absolute Gasteiger partial charge is 0.371 e. The van der Waals surface area contributed by atoms with E-state index < -0.39 is 12.5 Å². The van der Waals surface area contributed by atoms with Crippen molar-refractivity contribution < 1.29 is 14.9 Å². The van der Waals surface area contributed by atoms with Crippen molar-refractivity contribution in [1.82, 2.24) is 5.32 Å². The molecule has 0 saturated heterocycles. The predicted molar refractivity (Wildman–Crippen MR) is 37.0 cm³/mol. The lowest BCUT2D eigenvalue weighted by Gasteiger charge is -2.11. The van der Waals surface area contributed by atoms with Gasteiger partial charge >= 0.3 is 0 Å². The molecule has 2 atom stereocenters. The molecule has 0 unspecified atom stereocenters. The monoisotopic (exact) mass is 147 g/mol.